The number of halogens is 2. The second kappa shape index (κ2) is 8.49. The second-order valence-corrected chi connectivity index (χ2v) is 8.59. The molecular weight excluding hydrogens is 433 g/mol. The second-order valence-electron chi connectivity index (χ2n) is 5.30. The van der Waals surface area contributed by atoms with Crippen molar-refractivity contribution in [3.05, 3.63) is 53.4 Å². The highest BCUT2D eigenvalue weighted by Gasteiger charge is 2.16. The van der Waals surface area contributed by atoms with Crippen LogP contribution in [0.25, 0.3) is 10.2 Å². The summed E-state index contributed by atoms with van der Waals surface area (Å²) in [5.41, 5.74) is 0.948. The van der Waals surface area contributed by atoms with Gasteiger partial charge < -0.3 is 9.30 Å². The Morgan fingerprint density at radius 1 is 1.33 bits per heavy atom. The molecule has 0 fully saturated rings. The fourth-order valence-electron chi connectivity index (χ4n) is 2.41. The fraction of sp³-hybridized carbons (Fsp3) is 0.250. The van der Waals surface area contributed by atoms with Crippen LogP contribution >= 0.6 is 45.9 Å². The molecule has 0 atom stereocenters. The maximum Gasteiger partial charge on any atom is 0.282 e. The van der Waals surface area contributed by atoms with Gasteiger partial charge in [0.05, 0.1) is 31.6 Å². The van der Waals surface area contributed by atoms with Gasteiger partial charge in [-0.05, 0) is 19.1 Å². The lowest BCUT2D eigenvalue weighted by atomic mass is 10.3. The van der Waals surface area contributed by atoms with Crippen molar-refractivity contribution in [3.63, 3.8) is 0 Å². The summed E-state index contributed by atoms with van der Waals surface area (Å²) in [5.74, 6) is -0.519. The molecule has 1 aromatic carbocycles. The van der Waals surface area contributed by atoms with Crippen LogP contribution in [0.4, 0.5) is 5.69 Å². The molecule has 0 aliphatic rings. The van der Waals surface area contributed by atoms with Crippen LogP contribution < -0.4 is 4.80 Å². The third kappa shape index (κ3) is 4.39. The number of carbonyl (C=O) groups excluding carboxylic acids is 1. The zero-order valence-electron chi connectivity index (χ0n) is 14.0. The van der Waals surface area contributed by atoms with Crippen molar-refractivity contribution in [3.8, 4) is 0 Å². The van der Waals surface area contributed by atoms with Gasteiger partial charge in [0.2, 0.25) is 0 Å². The summed E-state index contributed by atoms with van der Waals surface area (Å²) in [4.78, 5) is 27.7. The minimum Gasteiger partial charge on any atom is -0.380 e. The molecule has 3 aromatic rings. The van der Waals surface area contributed by atoms with Crippen LogP contribution in [0.2, 0.25) is 8.67 Å². The van der Waals surface area contributed by atoms with Crippen LogP contribution in [-0.2, 0) is 11.3 Å². The van der Waals surface area contributed by atoms with Crippen molar-refractivity contribution in [2.75, 3.05) is 13.2 Å². The first-order valence-corrected chi connectivity index (χ1v) is 10.2. The Balaban J connectivity index is 2.11. The highest BCUT2D eigenvalue weighted by molar-refractivity contribution is 7.20. The number of thiophene rings is 1. The molecule has 0 aliphatic heterocycles. The summed E-state index contributed by atoms with van der Waals surface area (Å²) in [5, 5.41) is 11.0. The summed E-state index contributed by atoms with van der Waals surface area (Å²) in [6.07, 6.45) is 0. The van der Waals surface area contributed by atoms with E-state index < -0.39 is 10.8 Å². The first kappa shape index (κ1) is 20.0. The lowest BCUT2D eigenvalue weighted by Crippen LogP contribution is -2.19. The summed E-state index contributed by atoms with van der Waals surface area (Å²) in [6, 6.07) is 6.01. The molecule has 2 heterocycles. The number of nitro benzene ring substituents is 1. The lowest BCUT2D eigenvalue weighted by Gasteiger charge is -2.05. The van der Waals surface area contributed by atoms with E-state index in [1.54, 1.807) is 10.6 Å². The summed E-state index contributed by atoms with van der Waals surface area (Å²) in [6.45, 7) is 3.32. The van der Waals surface area contributed by atoms with Crippen molar-refractivity contribution in [2.45, 2.75) is 13.5 Å². The molecule has 0 spiro atoms. The van der Waals surface area contributed by atoms with Crippen LogP contribution in [0, 0.1) is 10.1 Å². The Morgan fingerprint density at radius 3 is 2.74 bits per heavy atom. The largest absolute Gasteiger partial charge is 0.380 e. The number of rotatable bonds is 6. The molecule has 142 valence electrons. The number of hydrogen-bond donors (Lipinski definition) is 0. The van der Waals surface area contributed by atoms with Crippen LogP contribution in [0.3, 0.4) is 0 Å². The number of ether oxygens (including phenoxy) is 1. The van der Waals surface area contributed by atoms with Gasteiger partial charge in [-0.25, -0.2) is 0 Å². The molecule has 0 unspecified atom stereocenters. The van der Waals surface area contributed by atoms with E-state index in [1.807, 2.05) is 6.92 Å². The minimum absolute atomic E-state index is 0.0220. The highest BCUT2D eigenvalue weighted by Crippen LogP contribution is 2.31. The molecule has 7 nitrogen and oxygen atoms in total. The van der Waals surface area contributed by atoms with Gasteiger partial charge >= 0.3 is 0 Å². The molecule has 0 radical (unpaired) electrons. The monoisotopic (exact) mass is 445 g/mol. The summed E-state index contributed by atoms with van der Waals surface area (Å²) >= 11 is 14.2. The number of hydrogen-bond acceptors (Lipinski definition) is 6. The van der Waals surface area contributed by atoms with E-state index in [4.69, 9.17) is 27.9 Å². The standard InChI is InChI=1S/C16H13Cl2N3O4S2/c1-2-25-6-5-20-11-4-3-9(21(23)24)7-12(11)26-16(20)19-15(22)10-8-13(17)27-14(10)18/h3-4,7-8H,2,5-6H2,1H3. The van der Waals surface area contributed by atoms with Gasteiger partial charge in [-0.2, -0.15) is 4.99 Å². The van der Waals surface area contributed by atoms with Crippen molar-refractivity contribution >= 4 is 67.7 Å². The Labute approximate surface area is 171 Å². The van der Waals surface area contributed by atoms with Crippen molar-refractivity contribution < 1.29 is 14.5 Å². The van der Waals surface area contributed by atoms with Crippen LogP contribution in [0.5, 0.6) is 0 Å². The highest BCUT2D eigenvalue weighted by atomic mass is 35.5. The van der Waals surface area contributed by atoms with E-state index in [-0.39, 0.29) is 15.6 Å². The topological polar surface area (TPSA) is 86.7 Å². The molecule has 2 aromatic heterocycles. The Bertz CT molecular complexity index is 1090. The van der Waals surface area contributed by atoms with Gasteiger partial charge in [0, 0.05) is 25.3 Å². The molecular formula is C16H13Cl2N3O4S2. The predicted octanol–water partition coefficient (Wildman–Crippen LogP) is 4.76. The molecule has 1 amide bonds. The number of nitrogens with zero attached hydrogens (tertiary/aromatic N) is 3. The Kier molecular flexibility index (Phi) is 6.28. The van der Waals surface area contributed by atoms with Crippen molar-refractivity contribution in [1.82, 2.24) is 4.57 Å². The number of fused-ring (bicyclic) bond motifs is 1. The van der Waals surface area contributed by atoms with E-state index in [0.29, 0.717) is 33.6 Å². The maximum absolute atomic E-state index is 12.5. The third-order valence-corrected chi connectivity index (χ3v) is 6.15. The zero-order chi connectivity index (χ0) is 19.6. The Hall–Kier alpha value is -1.78. The van der Waals surface area contributed by atoms with E-state index in [9.17, 15) is 14.9 Å². The number of non-ortho nitro benzene ring substituents is 1. The third-order valence-electron chi connectivity index (χ3n) is 3.62. The van der Waals surface area contributed by atoms with Gasteiger partial charge in [-0.15, -0.1) is 11.3 Å². The number of amides is 1. The molecule has 27 heavy (non-hydrogen) atoms. The van der Waals surface area contributed by atoms with E-state index in [0.717, 1.165) is 16.9 Å². The van der Waals surface area contributed by atoms with Gasteiger partial charge in [0.15, 0.2) is 4.80 Å². The van der Waals surface area contributed by atoms with Gasteiger partial charge in [-0.1, -0.05) is 34.5 Å². The van der Waals surface area contributed by atoms with E-state index >= 15 is 0 Å². The number of aromatic nitrogens is 1. The van der Waals surface area contributed by atoms with E-state index in [2.05, 4.69) is 4.99 Å². The summed E-state index contributed by atoms with van der Waals surface area (Å²) < 4.78 is 8.52. The lowest BCUT2D eigenvalue weighted by molar-refractivity contribution is -0.384. The van der Waals surface area contributed by atoms with Crippen LogP contribution in [0.1, 0.15) is 17.3 Å². The van der Waals surface area contributed by atoms with E-state index in [1.165, 1.54) is 29.5 Å². The van der Waals surface area contributed by atoms with Crippen molar-refractivity contribution in [1.29, 1.82) is 0 Å². The molecule has 0 saturated heterocycles. The number of carbonyl (C=O) groups is 1. The number of nitro groups is 1. The average Bonchev–Trinajstić information content (AvgIpc) is 3.13. The smallest absolute Gasteiger partial charge is 0.282 e. The van der Waals surface area contributed by atoms with Gasteiger partial charge in [0.1, 0.15) is 4.34 Å². The minimum atomic E-state index is -0.519. The molecule has 11 heteroatoms. The fourth-order valence-corrected chi connectivity index (χ4v) is 4.95. The quantitative estimate of drug-likeness (QED) is 0.311. The van der Waals surface area contributed by atoms with Crippen LogP contribution in [0.15, 0.2) is 29.3 Å². The predicted molar refractivity (Wildman–Crippen MR) is 107 cm³/mol. The SMILES string of the molecule is CCOCCn1c(=NC(=O)c2cc(Cl)sc2Cl)sc2cc([N+](=O)[O-])ccc21. The van der Waals surface area contributed by atoms with Crippen LogP contribution in [-0.4, -0.2) is 28.6 Å². The Morgan fingerprint density at radius 2 is 2.11 bits per heavy atom. The molecule has 0 saturated carbocycles. The van der Waals surface area contributed by atoms with Crippen molar-refractivity contribution in [2.24, 2.45) is 4.99 Å². The number of benzene rings is 1. The molecule has 0 N–H and O–H groups in total. The maximum atomic E-state index is 12.5. The molecule has 0 bridgehead atoms. The number of thiazole rings is 1. The summed E-state index contributed by atoms with van der Waals surface area (Å²) in [7, 11) is 0. The average molecular weight is 446 g/mol. The zero-order valence-corrected chi connectivity index (χ0v) is 17.1. The first-order chi connectivity index (χ1) is 12.9. The van der Waals surface area contributed by atoms with Gasteiger partial charge in [0.25, 0.3) is 11.6 Å². The molecule has 3 rings (SSSR count). The normalized spacial score (nSPS) is 12.0. The van der Waals surface area contributed by atoms with Gasteiger partial charge in [-0.3, -0.25) is 14.9 Å². The first-order valence-electron chi connectivity index (χ1n) is 7.80. The molecule has 0 aliphatic carbocycles.